The van der Waals surface area contributed by atoms with Crippen molar-refractivity contribution in [1.29, 1.82) is 0 Å². The van der Waals surface area contributed by atoms with Crippen LogP contribution in [0.4, 0.5) is 0 Å². The van der Waals surface area contributed by atoms with Crippen LogP contribution in [0.1, 0.15) is 12.5 Å². The van der Waals surface area contributed by atoms with Gasteiger partial charge in [-0.15, -0.1) is 5.10 Å². The Kier molecular flexibility index (Phi) is 5.48. The summed E-state index contributed by atoms with van der Waals surface area (Å²) in [5, 5.41) is 12.7. The number of fused-ring (bicyclic) bond motifs is 1. The van der Waals surface area contributed by atoms with Gasteiger partial charge in [0.25, 0.3) is 5.91 Å². The van der Waals surface area contributed by atoms with E-state index < -0.39 is 0 Å². The van der Waals surface area contributed by atoms with Crippen molar-refractivity contribution in [3.8, 4) is 5.75 Å². The lowest BCUT2D eigenvalue weighted by Crippen LogP contribution is -2.26. The number of amides is 1. The molecule has 2 aromatic carbocycles. The predicted octanol–water partition coefficient (Wildman–Crippen LogP) is 2.96. The van der Waals surface area contributed by atoms with Crippen LogP contribution in [-0.4, -0.2) is 33.2 Å². The van der Waals surface area contributed by atoms with E-state index in [1.54, 1.807) is 23.7 Å². The van der Waals surface area contributed by atoms with Crippen molar-refractivity contribution in [2.45, 2.75) is 20.4 Å². The average molecular weight is 372 g/mol. The van der Waals surface area contributed by atoms with E-state index >= 15 is 0 Å². The van der Waals surface area contributed by atoms with Crippen molar-refractivity contribution in [3.63, 3.8) is 0 Å². The standard InChI is InChI=1S/C18H18ClN5O2/c1-12-7-8-17(14(19)9-12)26-11-18(25)22-20-13(2)10-24-16-6-4-3-5-15(16)21-23-24/h3-9H,10-11H2,1-2H3,(H,22,25)/b20-13+. The highest BCUT2D eigenvalue weighted by Crippen LogP contribution is 2.24. The van der Waals surface area contributed by atoms with E-state index in [0.717, 1.165) is 16.6 Å². The van der Waals surface area contributed by atoms with Crippen LogP contribution in [0.5, 0.6) is 5.75 Å². The first kappa shape index (κ1) is 17.9. The molecule has 7 nitrogen and oxygen atoms in total. The molecule has 134 valence electrons. The van der Waals surface area contributed by atoms with Crippen molar-refractivity contribution < 1.29 is 9.53 Å². The number of para-hydroxylation sites is 1. The topological polar surface area (TPSA) is 81.4 Å². The van der Waals surface area contributed by atoms with E-state index in [2.05, 4.69) is 20.8 Å². The summed E-state index contributed by atoms with van der Waals surface area (Å²) in [5.41, 5.74) is 5.89. The summed E-state index contributed by atoms with van der Waals surface area (Å²) in [4.78, 5) is 11.9. The normalized spacial score (nSPS) is 11.6. The molecule has 0 atom stereocenters. The maximum absolute atomic E-state index is 11.9. The second kappa shape index (κ2) is 7.97. The largest absolute Gasteiger partial charge is 0.482 e. The number of hydrogen-bond acceptors (Lipinski definition) is 5. The molecule has 1 heterocycles. The third-order valence-corrected chi connectivity index (χ3v) is 3.91. The summed E-state index contributed by atoms with van der Waals surface area (Å²) < 4.78 is 7.13. The molecule has 3 aromatic rings. The molecule has 3 rings (SSSR count). The van der Waals surface area contributed by atoms with Crippen molar-refractivity contribution in [2.24, 2.45) is 5.10 Å². The van der Waals surface area contributed by atoms with Gasteiger partial charge in [0.2, 0.25) is 0 Å². The monoisotopic (exact) mass is 371 g/mol. The minimum absolute atomic E-state index is 0.175. The van der Waals surface area contributed by atoms with Gasteiger partial charge in [-0.1, -0.05) is 35.0 Å². The highest BCUT2D eigenvalue weighted by Gasteiger charge is 2.07. The summed E-state index contributed by atoms with van der Waals surface area (Å²) in [6.07, 6.45) is 0. The van der Waals surface area contributed by atoms with Crippen LogP contribution in [0.15, 0.2) is 47.6 Å². The number of benzene rings is 2. The summed E-state index contributed by atoms with van der Waals surface area (Å²) >= 11 is 6.07. The van der Waals surface area contributed by atoms with Gasteiger partial charge in [0.15, 0.2) is 6.61 Å². The van der Waals surface area contributed by atoms with Crippen LogP contribution in [0.3, 0.4) is 0 Å². The molecule has 0 unspecified atom stereocenters. The summed E-state index contributed by atoms with van der Waals surface area (Å²) in [5.74, 6) is 0.0895. The van der Waals surface area contributed by atoms with Crippen LogP contribution in [0.25, 0.3) is 11.0 Å². The van der Waals surface area contributed by atoms with Crippen molar-refractivity contribution in [1.82, 2.24) is 20.4 Å². The molecule has 8 heteroatoms. The Bertz CT molecular complexity index is 967. The summed E-state index contributed by atoms with van der Waals surface area (Å²) in [7, 11) is 0. The Labute approximate surface area is 155 Å². The lowest BCUT2D eigenvalue weighted by Gasteiger charge is -2.08. The molecular weight excluding hydrogens is 354 g/mol. The fourth-order valence-electron chi connectivity index (χ4n) is 2.34. The highest BCUT2D eigenvalue weighted by molar-refractivity contribution is 6.32. The van der Waals surface area contributed by atoms with Gasteiger partial charge in [-0.3, -0.25) is 4.79 Å². The van der Waals surface area contributed by atoms with E-state index in [1.165, 1.54) is 0 Å². The first-order valence-corrected chi connectivity index (χ1v) is 8.40. The molecule has 0 radical (unpaired) electrons. The number of aryl methyl sites for hydroxylation is 1. The van der Waals surface area contributed by atoms with Crippen molar-refractivity contribution >= 4 is 34.3 Å². The SMILES string of the molecule is C/C(Cn1nnc2ccccc21)=N\NC(=O)COc1ccc(C)cc1Cl. The number of ether oxygens (including phenoxy) is 1. The number of nitrogens with one attached hydrogen (secondary N) is 1. The average Bonchev–Trinajstić information content (AvgIpc) is 3.02. The van der Waals surface area contributed by atoms with E-state index in [0.29, 0.717) is 23.0 Å². The molecule has 0 fully saturated rings. The van der Waals surface area contributed by atoms with Gasteiger partial charge in [-0.05, 0) is 43.7 Å². The highest BCUT2D eigenvalue weighted by atomic mass is 35.5. The number of halogens is 1. The van der Waals surface area contributed by atoms with Gasteiger partial charge in [-0.25, -0.2) is 10.1 Å². The molecule has 1 aromatic heterocycles. The third-order valence-electron chi connectivity index (χ3n) is 3.62. The van der Waals surface area contributed by atoms with Crippen LogP contribution in [-0.2, 0) is 11.3 Å². The molecule has 0 aliphatic carbocycles. The zero-order valence-electron chi connectivity index (χ0n) is 14.4. The Hall–Kier alpha value is -2.93. The Morgan fingerprint density at radius 2 is 2.12 bits per heavy atom. The minimum Gasteiger partial charge on any atom is -0.482 e. The molecular formula is C18H18ClN5O2. The Morgan fingerprint density at radius 3 is 2.92 bits per heavy atom. The Balaban J connectivity index is 1.54. The first-order chi connectivity index (χ1) is 12.5. The third kappa shape index (κ3) is 4.37. The van der Waals surface area contributed by atoms with Gasteiger partial charge < -0.3 is 4.74 Å². The quantitative estimate of drug-likeness (QED) is 0.533. The van der Waals surface area contributed by atoms with Crippen LogP contribution >= 0.6 is 11.6 Å². The molecule has 0 spiro atoms. The van der Waals surface area contributed by atoms with Crippen LogP contribution < -0.4 is 10.2 Å². The van der Waals surface area contributed by atoms with Gasteiger partial charge in [-0.2, -0.15) is 5.10 Å². The summed E-state index contributed by atoms with van der Waals surface area (Å²) in [6.45, 7) is 3.98. The number of rotatable bonds is 6. The molecule has 0 saturated heterocycles. The smallest absolute Gasteiger partial charge is 0.277 e. The molecule has 0 bridgehead atoms. The number of nitrogens with zero attached hydrogens (tertiary/aromatic N) is 4. The van der Waals surface area contributed by atoms with Crippen LogP contribution in [0, 0.1) is 6.92 Å². The van der Waals surface area contributed by atoms with Gasteiger partial charge in [0.1, 0.15) is 11.3 Å². The lowest BCUT2D eigenvalue weighted by molar-refractivity contribution is -0.123. The first-order valence-electron chi connectivity index (χ1n) is 8.02. The van der Waals surface area contributed by atoms with Gasteiger partial charge in [0.05, 0.1) is 22.8 Å². The lowest BCUT2D eigenvalue weighted by atomic mass is 10.2. The molecule has 0 saturated carbocycles. The fraction of sp³-hybridized carbons (Fsp3) is 0.222. The maximum Gasteiger partial charge on any atom is 0.277 e. The minimum atomic E-state index is -0.371. The van der Waals surface area contributed by atoms with Gasteiger partial charge >= 0.3 is 0 Å². The fourth-order valence-corrected chi connectivity index (χ4v) is 2.63. The van der Waals surface area contributed by atoms with Crippen molar-refractivity contribution in [3.05, 3.63) is 53.1 Å². The van der Waals surface area contributed by atoms with Crippen molar-refractivity contribution in [2.75, 3.05) is 6.61 Å². The maximum atomic E-state index is 11.9. The van der Waals surface area contributed by atoms with Gasteiger partial charge in [0, 0.05) is 0 Å². The number of carbonyl (C=O) groups is 1. The number of carbonyl (C=O) groups excluding carboxylic acids is 1. The predicted molar refractivity (Wildman–Crippen MR) is 100 cm³/mol. The molecule has 1 N–H and O–H groups in total. The van der Waals surface area contributed by atoms with E-state index in [1.807, 2.05) is 37.3 Å². The van der Waals surface area contributed by atoms with Crippen LogP contribution in [0.2, 0.25) is 5.02 Å². The van der Waals surface area contributed by atoms with E-state index in [4.69, 9.17) is 16.3 Å². The number of aromatic nitrogens is 3. The molecule has 0 aliphatic heterocycles. The summed E-state index contributed by atoms with van der Waals surface area (Å²) in [6, 6.07) is 13.0. The Morgan fingerprint density at radius 1 is 1.31 bits per heavy atom. The molecule has 1 amide bonds. The number of hydrogen-bond donors (Lipinski definition) is 1. The van der Waals surface area contributed by atoms with E-state index in [9.17, 15) is 4.79 Å². The second-order valence-electron chi connectivity index (χ2n) is 5.84. The zero-order chi connectivity index (χ0) is 18.5. The zero-order valence-corrected chi connectivity index (χ0v) is 15.2. The molecule has 0 aliphatic rings. The number of hydrazone groups is 1. The van der Waals surface area contributed by atoms with E-state index in [-0.39, 0.29) is 12.5 Å². The second-order valence-corrected chi connectivity index (χ2v) is 6.25. The molecule has 26 heavy (non-hydrogen) atoms.